The van der Waals surface area contributed by atoms with Crippen LogP contribution in [0, 0.1) is 13.8 Å². The average Bonchev–Trinajstić information content (AvgIpc) is 3.48. The molecule has 0 saturated carbocycles. The molecule has 0 spiro atoms. The van der Waals surface area contributed by atoms with E-state index >= 15 is 0 Å². The number of hydrogen-bond donors (Lipinski definition) is 0. The number of anilines is 6. The number of nitrogens with zero attached hydrogens (tertiary/aromatic N) is 2. The van der Waals surface area contributed by atoms with Crippen molar-refractivity contribution in [3.05, 3.63) is 256 Å². The van der Waals surface area contributed by atoms with Crippen molar-refractivity contribution in [2.75, 3.05) is 9.80 Å². The van der Waals surface area contributed by atoms with E-state index in [1.807, 2.05) is 0 Å². The van der Waals surface area contributed by atoms with Crippen LogP contribution in [0.2, 0.25) is 0 Å². The van der Waals surface area contributed by atoms with Crippen LogP contribution in [0.25, 0.3) is 0 Å². The predicted molar refractivity (Wildman–Crippen MR) is 333 cm³/mol. The van der Waals surface area contributed by atoms with Crippen molar-refractivity contribution in [2.24, 2.45) is 0 Å². The minimum atomic E-state index is -0.257. The Morgan fingerprint density at radius 1 is 0.421 bits per heavy atom. The molecule has 0 amide bonds. The van der Waals surface area contributed by atoms with Crippen molar-refractivity contribution in [3.63, 3.8) is 0 Å². The van der Waals surface area contributed by atoms with Crippen molar-refractivity contribution in [1.29, 1.82) is 0 Å². The first-order valence-corrected chi connectivity index (χ1v) is 27.7. The molecule has 0 radical (unpaired) electrons. The summed E-state index contributed by atoms with van der Waals surface area (Å²) in [5.41, 5.74) is 23.2. The molecule has 0 saturated heterocycles. The van der Waals surface area contributed by atoms with Gasteiger partial charge in [0.25, 0.3) is 0 Å². The van der Waals surface area contributed by atoms with Gasteiger partial charge in [-0.05, 0) is 149 Å². The molecule has 0 fully saturated rings. The molecule has 0 bridgehead atoms. The summed E-state index contributed by atoms with van der Waals surface area (Å²) in [6.07, 6.45) is 6.72. The lowest BCUT2D eigenvalue weighted by Crippen LogP contribution is -2.59. The maximum absolute atomic E-state index is 2.58. The van der Waals surface area contributed by atoms with Crippen LogP contribution in [-0.4, -0.2) is 6.71 Å². The van der Waals surface area contributed by atoms with Crippen LogP contribution in [0.5, 0.6) is 0 Å². The van der Waals surface area contributed by atoms with Gasteiger partial charge in [0.2, 0.25) is 6.71 Å². The van der Waals surface area contributed by atoms with Crippen molar-refractivity contribution in [3.8, 4) is 0 Å². The largest absolute Gasteiger partial charge is 0.311 e. The zero-order valence-electron chi connectivity index (χ0n) is 48.5. The average molecular weight is 997 g/mol. The summed E-state index contributed by atoms with van der Waals surface area (Å²) in [5, 5.41) is 0. The quantitative estimate of drug-likeness (QED) is 0.0889. The minimum Gasteiger partial charge on any atom is -0.311 e. The molecule has 9 rings (SSSR count). The summed E-state index contributed by atoms with van der Waals surface area (Å²) in [4.78, 5) is 5.05. The Kier molecular flexibility index (Phi) is 14.5. The van der Waals surface area contributed by atoms with Crippen LogP contribution in [0.3, 0.4) is 0 Å². The first kappa shape index (κ1) is 53.7. The van der Waals surface area contributed by atoms with E-state index in [-0.39, 0.29) is 33.8 Å². The molecule has 386 valence electrons. The van der Waals surface area contributed by atoms with Crippen LogP contribution in [0.15, 0.2) is 206 Å². The normalized spacial score (nSPS) is 13.5. The van der Waals surface area contributed by atoms with Crippen LogP contribution >= 0.6 is 0 Å². The SMILES string of the molecule is C/C=C\C(=C/C)C(C)(C)c1ccc(C)c(B2c3cc(C(C)(C)c4ccccc4)ccc3N(c3ccc(C(C)(C)c4ccccc4)cc3)c3cc(N(c4ccc(C(C)(C)C)cc4)c4ccc(C(C)(C)C)cc4)cc(C)c32)c1. The van der Waals surface area contributed by atoms with Gasteiger partial charge >= 0.3 is 0 Å². The third-order valence-electron chi connectivity index (χ3n) is 17.0. The standard InChI is InChI=1S/C73H81BN2/c1-17-25-52(18-2)71(11,12)58-31-30-50(3)64(47-58)74-65-48-59(73(15,16)56-28-23-20-24-29-56)38-45-66(65)76(62-43-36-57(37-44-62)72(13,14)55-26-21-19-22-27-55)67-49-63(46-51(4)68(67)74)75(60-39-32-53(33-40-60)69(5,6)7)61-41-34-54(35-42-61)70(8,9)10/h17-49H,1-16H3/b25-17-,52-18+. The molecule has 0 N–H and O–H groups in total. The monoisotopic (exact) mass is 997 g/mol. The van der Waals surface area contributed by atoms with Crippen LogP contribution in [0.1, 0.15) is 147 Å². The van der Waals surface area contributed by atoms with E-state index in [1.165, 1.54) is 83.4 Å². The fourth-order valence-corrected chi connectivity index (χ4v) is 11.8. The Morgan fingerprint density at radius 3 is 1.38 bits per heavy atom. The molecule has 8 aromatic carbocycles. The Labute approximate surface area is 458 Å². The zero-order valence-corrected chi connectivity index (χ0v) is 48.5. The zero-order chi connectivity index (χ0) is 54.5. The van der Waals surface area contributed by atoms with Gasteiger partial charge in [0.15, 0.2) is 0 Å². The molecule has 0 aliphatic carbocycles. The van der Waals surface area contributed by atoms with Crippen molar-refractivity contribution in [1.82, 2.24) is 0 Å². The van der Waals surface area contributed by atoms with E-state index in [2.05, 4.69) is 321 Å². The fraction of sp³-hybridized carbons (Fsp3) is 0.288. The topological polar surface area (TPSA) is 6.48 Å². The molecule has 0 atom stereocenters. The lowest BCUT2D eigenvalue weighted by atomic mass is 9.33. The molecule has 3 heteroatoms. The fourth-order valence-electron chi connectivity index (χ4n) is 11.8. The third kappa shape index (κ3) is 10.1. The molecule has 1 aliphatic rings. The van der Waals surface area contributed by atoms with Gasteiger partial charge in [-0.3, -0.25) is 0 Å². The molecule has 2 nitrogen and oxygen atoms in total. The van der Waals surface area contributed by atoms with E-state index < -0.39 is 0 Å². The number of hydrogen-bond acceptors (Lipinski definition) is 2. The van der Waals surface area contributed by atoms with Gasteiger partial charge in [-0.15, -0.1) is 0 Å². The van der Waals surface area contributed by atoms with E-state index in [0.717, 1.165) is 22.7 Å². The van der Waals surface area contributed by atoms with Gasteiger partial charge in [-0.1, -0.05) is 245 Å². The van der Waals surface area contributed by atoms with Gasteiger partial charge in [-0.2, -0.15) is 0 Å². The Hall–Kier alpha value is -7.10. The smallest absolute Gasteiger partial charge is 0.247 e. The van der Waals surface area contributed by atoms with Gasteiger partial charge in [-0.25, -0.2) is 0 Å². The number of fused-ring (bicyclic) bond motifs is 2. The lowest BCUT2D eigenvalue weighted by Gasteiger charge is -2.41. The number of rotatable bonds is 12. The van der Waals surface area contributed by atoms with Crippen LogP contribution < -0.4 is 26.2 Å². The lowest BCUT2D eigenvalue weighted by molar-refractivity contribution is 0.590. The van der Waals surface area contributed by atoms with E-state index in [0.29, 0.717) is 0 Å². The molecule has 8 aromatic rings. The summed E-state index contributed by atoms with van der Waals surface area (Å²) in [6.45, 7) is 36.8. The first-order valence-electron chi connectivity index (χ1n) is 27.7. The number of allylic oxidation sites excluding steroid dienone is 4. The maximum atomic E-state index is 2.58. The minimum absolute atomic E-state index is 0.0246. The van der Waals surface area contributed by atoms with Crippen molar-refractivity contribution < 1.29 is 0 Å². The van der Waals surface area contributed by atoms with E-state index in [9.17, 15) is 0 Å². The first-order chi connectivity index (χ1) is 36.0. The summed E-state index contributed by atoms with van der Waals surface area (Å²) >= 11 is 0. The summed E-state index contributed by atoms with van der Waals surface area (Å²) in [7, 11) is 0. The molecule has 76 heavy (non-hydrogen) atoms. The highest BCUT2D eigenvalue weighted by atomic mass is 15.2. The van der Waals surface area contributed by atoms with E-state index in [1.54, 1.807) is 0 Å². The van der Waals surface area contributed by atoms with Gasteiger partial charge in [0.05, 0.1) is 0 Å². The molecular weight excluding hydrogens is 916 g/mol. The summed E-state index contributed by atoms with van der Waals surface area (Å²) < 4.78 is 0. The molecule has 0 unspecified atom stereocenters. The van der Waals surface area contributed by atoms with Crippen molar-refractivity contribution in [2.45, 2.75) is 138 Å². The summed E-state index contributed by atoms with van der Waals surface area (Å²) in [5.74, 6) is 0. The second-order valence-electron chi connectivity index (χ2n) is 25.1. The predicted octanol–water partition coefficient (Wildman–Crippen LogP) is 18.1. The van der Waals surface area contributed by atoms with Crippen molar-refractivity contribution >= 4 is 57.2 Å². The highest BCUT2D eigenvalue weighted by Gasteiger charge is 2.40. The second-order valence-corrected chi connectivity index (χ2v) is 25.1. The Balaban J connectivity index is 1.35. The molecular formula is C73H81BN2. The van der Waals surface area contributed by atoms with Gasteiger partial charge in [0.1, 0.15) is 0 Å². The number of benzene rings is 8. The molecule has 1 aliphatic heterocycles. The van der Waals surface area contributed by atoms with E-state index in [4.69, 9.17) is 0 Å². The second kappa shape index (κ2) is 20.5. The molecule has 0 aromatic heterocycles. The highest BCUT2D eigenvalue weighted by Crippen LogP contribution is 2.45. The van der Waals surface area contributed by atoms with Crippen LogP contribution in [-0.2, 0) is 27.1 Å². The maximum Gasteiger partial charge on any atom is 0.247 e. The third-order valence-corrected chi connectivity index (χ3v) is 17.0. The van der Waals surface area contributed by atoms with Gasteiger partial charge < -0.3 is 9.80 Å². The highest BCUT2D eigenvalue weighted by molar-refractivity contribution is 6.98. The number of aryl methyl sites for hydroxylation is 2. The Bertz CT molecular complexity index is 3360. The van der Waals surface area contributed by atoms with Crippen LogP contribution in [0.4, 0.5) is 34.1 Å². The summed E-state index contributed by atoms with van der Waals surface area (Å²) in [6, 6.07) is 69.5. The molecule has 1 heterocycles. The van der Waals surface area contributed by atoms with Gasteiger partial charge in [0, 0.05) is 50.4 Å². The Morgan fingerprint density at radius 2 is 0.882 bits per heavy atom.